The van der Waals surface area contributed by atoms with Gasteiger partial charge in [-0.15, -0.1) is 24.0 Å². The third-order valence-corrected chi connectivity index (χ3v) is 5.97. The first-order chi connectivity index (χ1) is 13.6. The molecule has 1 N–H and O–H groups in total. The average Bonchev–Trinajstić information content (AvgIpc) is 3.21. The molecule has 0 amide bonds. The second kappa shape index (κ2) is 12.7. The Morgan fingerprint density at radius 1 is 1.17 bits per heavy atom. The van der Waals surface area contributed by atoms with E-state index in [1.807, 2.05) is 0 Å². The number of piperidine rings is 1. The Balaban J connectivity index is 0.00000300. The van der Waals surface area contributed by atoms with E-state index < -0.39 is 0 Å². The molecule has 0 bridgehead atoms. The van der Waals surface area contributed by atoms with Crippen LogP contribution < -0.4 is 5.32 Å². The Kier molecular flexibility index (Phi) is 10.7. The average molecular weight is 514 g/mol. The molecule has 0 saturated carbocycles. The van der Waals surface area contributed by atoms with Gasteiger partial charge in [0.05, 0.1) is 13.2 Å². The first kappa shape index (κ1) is 24.4. The molecule has 0 radical (unpaired) electrons. The SMILES string of the molecule is CCNC(=NCc1ccc(CN2CCC(C)CC2)cc1)N(C)CC1CCOC1.I. The number of benzene rings is 1. The Labute approximate surface area is 194 Å². The molecule has 2 aliphatic heterocycles. The van der Waals surface area contributed by atoms with Crippen LogP contribution in [-0.2, 0) is 17.8 Å². The molecule has 0 aromatic heterocycles. The number of likely N-dealkylation sites (tertiary alicyclic amines) is 1. The van der Waals surface area contributed by atoms with Crippen molar-refractivity contribution in [1.82, 2.24) is 15.1 Å². The van der Waals surface area contributed by atoms with Crippen LogP contribution in [0.5, 0.6) is 0 Å². The van der Waals surface area contributed by atoms with Crippen LogP contribution >= 0.6 is 24.0 Å². The Hall–Kier alpha value is -0.860. The van der Waals surface area contributed by atoms with Gasteiger partial charge in [-0.25, -0.2) is 4.99 Å². The summed E-state index contributed by atoms with van der Waals surface area (Å²) in [6, 6.07) is 9.02. The van der Waals surface area contributed by atoms with Gasteiger partial charge in [-0.05, 0) is 56.3 Å². The highest BCUT2D eigenvalue weighted by molar-refractivity contribution is 14.0. The van der Waals surface area contributed by atoms with Crippen LogP contribution in [0.1, 0.15) is 44.2 Å². The lowest BCUT2D eigenvalue weighted by Gasteiger charge is -2.30. The van der Waals surface area contributed by atoms with E-state index in [1.165, 1.54) is 37.1 Å². The van der Waals surface area contributed by atoms with E-state index in [1.54, 1.807) is 0 Å². The normalized spacial score (nSPS) is 21.1. The second-order valence-electron chi connectivity index (χ2n) is 8.56. The summed E-state index contributed by atoms with van der Waals surface area (Å²) in [6.45, 7) is 12.4. The van der Waals surface area contributed by atoms with Crippen molar-refractivity contribution in [3.63, 3.8) is 0 Å². The van der Waals surface area contributed by atoms with Crippen LogP contribution in [0.3, 0.4) is 0 Å². The number of ether oxygens (including phenoxy) is 1. The lowest BCUT2D eigenvalue weighted by Crippen LogP contribution is -2.41. The molecule has 1 unspecified atom stereocenters. The summed E-state index contributed by atoms with van der Waals surface area (Å²) in [7, 11) is 2.13. The first-order valence-corrected chi connectivity index (χ1v) is 11.0. The molecule has 2 aliphatic rings. The molecule has 0 spiro atoms. The van der Waals surface area contributed by atoms with E-state index in [9.17, 15) is 0 Å². The maximum atomic E-state index is 5.51. The number of nitrogens with one attached hydrogen (secondary N) is 1. The van der Waals surface area contributed by atoms with Crippen molar-refractivity contribution in [3.05, 3.63) is 35.4 Å². The Morgan fingerprint density at radius 2 is 1.86 bits per heavy atom. The third-order valence-electron chi connectivity index (χ3n) is 5.97. The van der Waals surface area contributed by atoms with Gasteiger partial charge >= 0.3 is 0 Å². The molecule has 1 atom stereocenters. The summed E-state index contributed by atoms with van der Waals surface area (Å²) >= 11 is 0. The van der Waals surface area contributed by atoms with Gasteiger partial charge in [0.15, 0.2) is 5.96 Å². The quantitative estimate of drug-likeness (QED) is 0.340. The highest BCUT2D eigenvalue weighted by Gasteiger charge is 2.19. The maximum Gasteiger partial charge on any atom is 0.193 e. The fraction of sp³-hybridized carbons (Fsp3) is 0.696. The molecule has 3 rings (SSSR count). The van der Waals surface area contributed by atoms with Gasteiger partial charge in [-0.3, -0.25) is 4.90 Å². The number of guanidine groups is 1. The molecule has 2 fully saturated rings. The second-order valence-corrected chi connectivity index (χ2v) is 8.56. The summed E-state index contributed by atoms with van der Waals surface area (Å²) in [4.78, 5) is 9.69. The van der Waals surface area contributed by atoms with Gasteiger partial charge in [0, 0.05) is 39.2 Å². The van der Waals surface area contributed by atoms with Crippen LogP contribution in [0.15, 0.2) is 29.3 Å². The van der Waals surface area contributed by atoms with E-state index in [4.69, 9.17) is 9.73 Å². The molecule has 5 nitrogen and oxygen atoms in total. The van der Waals surface area contributed by atoms with Gasteiger partial charge in [0.25, 0.3) is 0 Å². The predicted octanol–water partition coefficient (Wildman–Crippen LogP) is 3.97. The minimum absolute atomic E-state index is 0. The molecule has 29 heavy (non-hydrogen) atoms. The van der Waals surface area contributed by atoms with Crippen molar-refractivity contribution in [1.29, 1.82) is 0 Å². The van der Waals surface area contributed by atoms with E-state index in [-0.39, 0.29) is 24.0 Å². The minimum Gasteiger partial charge on any atom is -0.381 e. The number of rotatable bonds is 7. The zero-order valence-corrected chi connectivity index (χ0v) is 20.7. The van der Waals surface area contributed by atoms with Crippen molar-refractivity contribution >= 4 is 29.9 Å². The standard InChI is InChI=1S/C23H38N4O.HI/c1-4-24-23(26(3)16-22-11-14-28-18-22)25-15-20-5-7-21(8-6-20)17-27-12-9-19(2)10-13-27;/h5-8,19,22H,4,9-18H2,1-3H3,(H,24,25);1H. The van der Waals surface area contributed by atoms with Crippen LogP contribution in [0.25, 0.3) is 0 Å². The Bertz CT molecular complexity index is 608. The van der Waals surface area contributed by atoms with E-state index in [0.29, 0.717) is 5.92 Å². The lowest BCUT2D eigenvalue weighted by molar-refractivity contribution is 0.181. The van der Waals surface area contributed by atoms with Crippen molar-refractivity contribution in [2.45, 2.75) is 46.2 Å². The Morgan fingerprint density at radius 3 is 2.48 bits per heavy atom. The zero-order chi connectivity index (χ0) is 19.8. The van der Waals surface area contributed by atoms with Crippen LogP contribution in [0, 0.1) is 11.8 Å². The number of aliphatic imine (C=N–C) groups is 1. The zero-order valence-electron chi connectivity index (χ0n) is 18.4. The molecular weight excluding hydrogens is 475 g/mol. The number of hydrogen-bond donors (Lipinski definition) is 1. The van der Waals surface area contributed by atoms with Gasteiger partial charge in [-0.1, -0.05) is 31.2 Å². The van der Waals surface area contributed by atoms with Crippen molar-refractivity contribution in [3.8, 4) is 0 Å². The maximum absolute atomic E-state index is 5.51. The minimum atomic E-state index is 0. The molecule has 6 heteroatoms. The topological polar surface area (TPSA) is 40.1 Å². The molecule has 164 valence electrons. The molecule has 1 aromatic rings. The van der Waals surface area contributed by atoms with Crippen LogP contribution in [0.2, 0.25) is 0 Å². The molecular formula is C23H39IN4O. The van der Waals surface area contributed by atoms with Crippen LogP contribution in [-0.4, -0.2) is 62.2 Å². The molecule has 2 heterocycles. The summed E-state index contributed by atoms with van der Waals surface area (Å²) in [5, 5.41) is 3.42. The van der Waals surface area contributed by atoms with Gasteiger partial charge < -0.3 is 15.0 Å². The number of nitrogens with zero attached hydrogens (tertiary/aromatic N) is 3. The number of halogens is 1. The molecule has 1 aromatic carbocycles. The monoisotopic (exact) mass is 514 g/mol. The highest BCUT2D eigenvalue weighted by Crippen LogP contribution is 2.18. The third kappa shape index (κ3) is 8.06. The smallest absolute Gasteiger partial charge is 0.193 e. The summed E-state index contributed by atoms with van der Waals surface area (Å²) in [6.07, 6.45) is 3.82. The van der Waals surface area contributed by atoms with Gasteiger partial charge in [-0.2, -0.15) is 0 Å². The summed E-state index contributed by atoms with van der Waals surface area (Å²) in [5.41, 5.74) is 2.68. The number of hydrogen-bond acceptors (Lipinski definition) is 3. The van der Waals surface area contributed by atoms with E-state index in [2.05, 4.69) is 60.3 Å². The van der Waals surface area contributed by atoms with Crippen LogP contribution in [0.4, 0.5) is 0 Å². The lowest BCUT2D eigenvalue weighted by atomic mass is 9.99. The fourth-order valence-electron chi connectivity index (χ4n) is 4.07. The summed E-state index contributed by atoms with van der Waals surface area (Å²) in [5.74, 6) is 2.49. The van der Waals surface area contributed by atoms with Gasteiger partial charge in [0.2, 0.25) is 0 Å². The first-order valence-electron chi connectivity index (χ1n) is 11.0. The van der Waals surface area contributed by atoms with Crippen molar-refractivity contribution in [2.75, 3.05) is 46.4 Å². The van der Waals surface area contributed by atoms with Gasteiger partial charge in [0.1, 0.15) is 0 Å². The highest BCUT2D eigenvalue weighted by atomic mass is 127. The van der Waals surface area contributed by atoms with E-state index in [0.717, 1.165) is 57.7 Å². The molecule has 2 saturated heterocycles. The van der Waals surface area contributed by atoms with E-state index >= 15 is 0 Å². The van der Waals surface area contributed by atoms with Crippen molar-refractivity contribution < 1.29 is 4.74 Å². The largest absolute Gasteiger partial charge is 0.381 e. The van der Waals surface area contributed by atoms with Crippen molar-refractivity contribution in [2.24, 2.45) is 16.8 Å². The predicted molar refractivity (Wildman–Crippen MR) is 132 cm³/mol. The molecule has 0 aliphatic carbocycles. The fourth-order valence-corrected chi connectivity index (χ4v) is 4.07. The summed E-state index contributed by atoms with van der Waals surface area (Å²) < 4.78 is 5.51.